The summed E-state index contributed by atoms with van der Waals surface area (Å²) < 4.78 is 49.8. The maximum absolute atomic E-state index is 12.3. The number of rotatable bonds is 3. The molecule has 11 heteroatoms. The lowest BCUT2D eigenvalue weighted by atomic mass is 10.4. The van der Waals surface area contributed by atoms with Crippen LogP contribution in [-0.4, -0.2) is 67.8 Å². The molecule has 1 saturated heterocycles. The summed E-state index contributed by atoms with van der Waals surface area (Å²) in [5.41, 5.74) is 0. The van der Waals surface area contributed by atoms with Gasteiger partial charge in [0, 0.05) is 26.2 Å². The van der Waals surface area contributed by atoms with Crippen LogP contribution >= 0.6 is 11.6 Å². The summed E-state index contributed by atoms with van der Waals surface area (Å²) in [5.74, 6) is 0. The van der Waals surface area contributed by atoms with Gasteiger partial charge in [0.05, 0.1) is 18.6 Å². The fraction of sp³-hybridized carbons (Fsp3) is 0.556. The van der Waals surface area contributed by atoms with Crippen molar-refractivity contribution in [3.63, 3.8) is 0 Å². The Hall–Kier alpha value is -0.810. The first kappa shape index (κ1) is 15.6. The summed E-state index contributed by atoms with van der Waals surface area (Å²) in [6.45, 7) is 0.453. The van der Waals surface area contributed by atoms with Crippen molar-refractivity contribution >= 4 is 31.6 Å². The van der Waals surface area contributed by atoms with Crippen LogP contribution in [0.25, 0.3) is 0 Å². The zero-order valence-corrected chi connectivity index (χ0v) is 13.0. The van der Waals surface area contributed by atoms with Crippen molar-refractivity contribution < 1.29 is 16.8 Å². The summed E-state index contributed by atoms with van der Waals surface area (Å²) in [4.78, 5) is 7.21. The third-order valence-corrected chi connectivity index (χ3v) is 6.25. The Labute approximate surface area is 122 Å². The Morgan fingerprint density at radius 3 is 1.90 bits per heavy atom. The van der Waals surface area contributed by atoms with E-state index in [2.05, 4.69) is 9.97 Å². The number of halogens is 1. The van der Waals surface area contributed by atoms with Crippen molar-refractivity contribution in [1.29, 1.82) is 0 Å². The molecule has 1 aromatic heterocycles. The van der Waals surface area contributed by atoms with Crippen molar-refractivity contribution in [2.24, 2.45) is 0 Å². The van der Waals surface area contributed by atoms with Crippen molar-refractivity contribution in [1.82, 2.24) is 18.6 Å². The van der Waals surface area contributed by atoms with Crippen molar-refractivity contribution in [3.05, 3.63) is 17.7 Å². The average molecular weight is 341 g/mol. The molecule has 0 unspecified atom stereocenters. The minimum absolute atomic E-state index is 0.0363. The van der Waals surface area contributed by atoms with Crippen LogP contribution in [-0.2, 0) is 20.0 Å². The predicted molar refractivity (Wildman–Crippen MR) is 72.2 cm³/mol. The van der Waals surface area contributed by atoms with E-state index in [1.807, 2.05) is 0 Å². The first-order valence-electron chi connectivity index (χ1n) is 5.64. The highest BCUT2D eigenvalue weighted by atomic mass is 35.5. The highest BCUT2D eigenvalue weighted by molar-refractivity contribution is 7.89. The molecule has 112 valence electrons. The van der Waals surface area contributed by atoms with E-state index in [1.165, 1.54) is 8.61 Å². The monoisotopic (exact) mass is 340 g/mol. The van der Waals surface area contributed by atoms with Crippen LogP contribution in [0.1, 0.15) is 0 Å². The van der Waals surface area contributed by atoms with Gasteiger partial charge in [0.1, 0.15) is 4.90 Å². The third-order valence-electron chi connectivity index (χ3n) is 2.90. The van der Waals surface area contributed by atoms with Gasteiger partial charge in [-0.25, -0.2) is 26.8 Å². The van der Waals surface area contributed by atoms with Crippen LogP contribution in [0.15, 0.2) is 17.3 Å². The van der Waals surface area contributed by atoms with Gasteiger partial charge in [0.2, 0.25) is 25.3 Å². The molecule has 1 aliphatic heterocycles. The Bertz CT molecular complexity index is 681. The molecule has 0 saturated carbocycles. The zero-order chi connectivity index (χ0) is 15.0. The highest BCUT2D eigenvalue weighted by Gasteiger charge is 2.31. The van der Waals surface area contributed by atoms with Crippen LogP contribution in [0.2, 0.25) is 5.28 Å². The van der Waals surface area contributed by atoms with Crippen molar-refractivity contribution in [3.8, 4) is 0 Å². The Morgan fingerprint density at radius 1 is 1.00 bits per heavy atom. The molecule has 2 heterocycles. The van der Waals surface area contributed by atoms with Gasteiger partial charge < -0.3 is 0 Å². The summed E-state index contributed by atoms with van der Waals surface area (Å²) in [7, 11) is -7.01. The first-order valence-corrected chi connectivity index (χ1v) is 9.31. The smallest absolute Gasteiger partial charge is 0.225 e. The van der Waals surface area contributed by atoms with E-state index in [0.717, 1.165) is 18.6 Å². The lowest BCUT2D eigenvalue weighted by Gasteiger charge is -2.32. The van der Waals surface area contributed by atoms with Crippen LogP contribution in [0.3, 0.4) is 0 Å². The number of nitrogens with zero attached hydrogens (tertiary/aromatic N) is 4. The molecule has 20 heavy (non-hydrogen) atoms. The fourth-order valence-corrected chi connectivity index (χ4v) is 4.06. The number of piperazine rings is 1. The van der Waals surface area contributed by atoms with Gasteiger partial charge in [-0.1, -0.05) is 0 Å². The minimum Gasteiger partial charge on any atom is -0.225 e. The molecule has 0 atom stereocenters. The minimum atomic E-state index is -3.72. The molecule has 0 aromatic carbocycles. The van der Waals surface area contributed by atoms with E-state index >= 15 is 0 Å². The second-order valence-electron chi connectivity index (χ2n) is 4.25. The Balaban J connectivity index is 2.15. The molecule has 0 amide bonds. The standard InChI is InChI=1S/C9H13ClN4O4S2/c1-19(15,16)13-2-4-14(5-3-13)20(17,18)8-6-11-9(10)12-7-8/h6-7H,2-5H2,1H3. The quantitative estimate of drug-likeness (QED) is 0.681. The molecule has 0 spiro atoms. The Morgan fingerprint density at radius 2 is 1.45 bits per heavy atom. The first-order chi connectivity index (χ1) is 9.21. The van der Waals surface area contributed by atoms with Crippen molar-refractivity contribution in [2.75, 3.05) is 32.4 Å². The van der Waals surface area contributed by atoms with Crippen molar-refractivity contribution in [2.45, 2.75) is 4.90 Å². The molecule has 1 aromatic rings. The molecule has 0 N–H and O–H groups in total. The SMILES string of the molecule is CS(=O)(=O)N1CCN(S(=O)(=O)c2cnc(Cl)nc2)CC1. The van der Waals surface area contributed by atoms with Crippen LogP contribution < -0.4 is 0 Å². The van der Waals surface area contributed by atoms with E-state index in [1.54, 1.807) is 0 Å². The molecule has 1 aliphatic rings. The normalized spacial score (nSPS) is 19.1. The fourth-order valence-electron chi connectivity index (χ4n) is 1.82. The molecule has 2 rings (SSSR count). The molecule has 0 radical (unpaired) electrons. The van der Waals surface area contributed by atoms with Crippen LogP contribution in [0.5, 0.6) is 0 Å². The van der Waals surface area contributed by atoms with Gasteiger partial charge in [-0.05, 0) is 11.6 Å². The number of aromatic nitrogens is 2. The molecule has 8 nitrogen and oxygen atoms in total. The summed E-state index contributed by atoms with van der Waals surface area (Å²) >= 11 is 5.51. The average Bonchev–Trinajstić information content (AvgIpc) is 2.38. The third kappa shape index (κ3) is 3.26. The van der Waals surface area contributed by atoms with Gasteiger partial charge in [-0.2, -0.15) is 8.61 Å². The topological polar surface area (TPSA) is 101 Å². The van der Waals surface area contributed by atoms with Gasteiger partial charge >= 0.3 is 0 Å². The summed E-state index contributed by atoms with van der Waals surface area (Å²) in [6.07, 6.45) is 3.37. The van der Waals surface area contributed by atoms with Crippen LogP contribution in [0, 0.1) is 0 Å². The van der Waals surface area contributed by atoms with Gasteiger partial charge in [-0.3, -0.25) is 0 Å². The molecular formula is C9H13ClN4O4S2. The second kappa shape index (κ2) is 5.53. The molecule has 0 aliphatic carbocycles. The van der Waals surface area contributed by atoms with E-state index < -0.39 is 20.0 Å². The molecule has 0 bridgehead atoms. The van der Waals surface area contributed by atoms with Gasteiger partial charge in [-0.15, -0.1) is 0 Å². The highest BCUT2D eigenvalue weighted by Crippen LogP contribution is 2.17. The van der Waals surface area contributed by atoms with Gasteiger partial charge in [0.25, 0.3) is 0 Å². The van der Waals surface area contributed by atoms with Gasteiger partial charge in [0.15, 0.2) is 0 Å². The number of hydrogen-bond acceptors (Lipinski definition) is 6. The zero-order valence-electron chi connectivity index (χ0n) is 10.6. The summed E-state index contributed by atoms with van der Waals surface area (Å²) in [5, 5.41) is -0.0363. The van der Waals surface area contributed by atoms with E-state index in [4.69, 9.17) is 11.6 Å². The molecule has 1 fully saturated rings. The maximum Gasteiger partial charge on any atom is 0.246 e. The summed E-state index contributed by atoms with van der Waals surface area (Å²) in [6, 6.07) is 0. The largest absolute Gasteiger partial charge is 0.246 e. The second-order valence-corrected chi connectivity index (χ2v) is 8.51. The lowest BCUT2D eigenvalue weighted by Crippen LogP contribution is -2.50. The van der Waals surface area contributed by atoms with E-state index in [9.17, 15) is 16.8 Å². The number of hydrogen-bond donors (Lipinski definition) is 0. The van der Waals surface area contributed by atoms with E-state index in [-0.39, 0.29) is 36.4 Å². The van der Waals surface area contributed by atoms with Crippen LogP contribution in [0.4, 0.5) is 0 Å². The predicted octanol–water partition coefficient (Wildman–Crippen LogP) is -0.604. The molecular weight excluding hydrogens is 328 g/mol. The number of sulfonamides is 2. The Kier molecular flexibility index (Phi) is 4.30. The maximum atomic E-state index is 12.3. The van der Waals surface area contributed by atoms with E-state index in [0.29, 0.717) is 0 Å². The lowest BCUT2D eigenvalue weighted by molar-refractivity contribution is 0.274.